The summed E-state index contributed by atoms with van der Waals surface area (Å²) in [7, 11) is 0. The summed E-state index contributed by atoms with van der Waals surface area (Å²) in [5.41, 5.74) is 0.641. The summed E-state index contributed by atoms with van der Waals surface area (Å²) in [6.45, 7) is 2.41. The quantitative estimate of drug-likeness (QED) is 0.864. The number of carbonyl (C=O) groups is 1. The van der Waals surface area contributed by atoms with Crippen LogP contribution in [0.25, 0.3) is 11.5 Å². The maximum absolute atomic E-state index is 10.8. The number of pyridine rings is 1. The number of halogens is 1. The minimum atomic E-state index is -0.814. The summed E-state index contributed by atoms with van der Waals surface area (Å²) in [6.07, 6.45) is 2.50. The minimum absolute atomic E-state index is 0.0164. The molecule has 7 nitrogen and oxygen atoms in total. The Morgan fingerprint density at radius 1 is 1.55 bits per heavy atom. The fourth-order valence-corrected chi connectivity index (χ4v) is 2.31. The number of hydrogen-bond donors (Lipinski definition) is 1. The van der Waals surface area contributed by atoms with E-state index in [0.29, 0.717) is 18.1 Å². The molecular formula is C12H14BrN5O2. The van der Waals surface area contributed by atoms with Gasteiger partial charge in [-0.05, 0) is 44.4 Å². The number of aromatic nitrogens is 5. The zero-order valence-corrected chi connectivity index (χ0v) is 12.5. The minimum Gasteiger partial charge on any atom is -0.481 e. The maximum atomic E-state index is 10.8. The Kier molecular flexibility index (Phi) is 4.78. The molecule has 106 valence electrons. The van der Waals surface area contributed by atoms with Gasteiger partial charge in [-0.25, -0.2) is 4.68 Å². The molecule has 0 aliphatic rings. The third-order valence-electron chi connectivity index (χ3n) is 2.97. The highest BCUT2D eigenvalue weighted by Crippen LogP contribution is 2.24. The van der Waals surface area contributed by atoms with E-state index < -0.39 is 5.97 Å². The van der Waals surface area contributed by atoms with Gasteiger partial charge in [0.15, 0.2) is 0 Å². The number of aliphatic carboxylic acids is 1. The molecule has 0 amide bonds. The van der Waals surface area contributed by atoms with Gasteiger partial charge in [0.25, 0.3) is 0 Å². The molecule has 2 heterocycles. The van der Waals surface area contributed by atoms with E-state index in [9.17, 15) is 4.79 Å². The van der Waals surface area contributed by atoms with Crippen molar-refractivity contribution in [2.24, 2.45) is 5.92 Å². The van der Waals surface area contributed by atoms with Gasteiger partial charge in [0.1, 0.15) is 5.69 Å². The predicted octanol–water partition coefficient (Wildman–Crippen LogP) is 2.00. The van der Waals surface area contributed by atoms with Crippen LogP contribution in [0.3, 0.4) is 0 Å². The van der Waals surface area contributed by atoms with Crippen molar-refractivity contribution in [1.82, 2.24) is 25.2 Å². The molecular weight excluding hydrogens is 326 g/mol. The maximum Gasteiger partial charge on any atom is 0.303 e. The lowest BCUT2D eigenvalue weighted by atomic mass is 10.0. The molecule has 2 aromatic rings. The van der Waals surface area contributed by atoms with Gasteiger partial charge in [-0.3, -0.25) is 9.78 Å². The second-order valence-corrected chi connectivity index (χ2v) is 5.24. The van der Waals surface area contributed by atoms with Crippen molar-refractivity contribution < 1.29 is 9.90 Å². The van der Waals surface area contributed by atoms with E-state index in [4.69, 9.17) is 5.11 Å². The van der Waals surface area contributed by atoms with Crippen LogP contribution in [0.2, 0.25) is 0 Å². The van der Waals surface area contributed by atoms with Crippen LogP contribution < -0.4 is 0 Å². The average molecular weight is 340 g/mol. The summed E-state index contributed by atoms with van der Waals surface area (Å²) >= 11 is 3.41. The Morgan fingerprint density at radius 3 is 3.00 bits per heavy atom. The molecule has 0 aromatic carbocycles. The zero-order valence-electron chi connectivity index (χ0n) is 10.9. The van der Waals surface area contributed by atoms with Crippen LogP contribution in [0.1, 0.15) is 19.8 Å². The van der Waals surface area contributed by atoms with Crippen LogP contribution in [0.5, 0.6) is 0 Å². The largest absolute Gasteiger partial charge is 0.481 e. The van der Waals surface area contributed by atoms with Gasteiger partial charge < -0.3 is 5.11 Å². The third kappa shape index (κ3) is 3.38. The summed E-state index contributed by atoms with van der Waals surface area (Å²) in [5.74, 6) is -0.302. The van der Waals surface area contributed by atoms with Crippen LogP contribution >= 0.6 is 15.9 Å². The van der Waals surface area contributed by atoms with E-state index in [1.165, 1.54) is 0 Å². The second-order valence-electron chi connectivity index (χ2n) is 4.39. The van der Waals surface area contributed by atoms with E-state index in [1.54, 1.807) is 16.9 Å². The van der Waals surface area contributed by atoms with Gasteiger partial charge in [-0.1, -0.05) is 13.3 Å². The smallest absolute Gasteiger partial charge is 0.303 e. The molecule has 1 N–H and O–H groups in total. The Morgan fingerprint density at radius 2 is 2.35 bits per heavy atom. The first-order valence-corrected chi connectivity index (χ1v) is 7.00. The van der Waals surface area contributed by atoms with Gasteiger partial charge >= 0.3 is 5.97 Å². The summed E-state index contributed by atoms with van der Waals surface area (Å²) < 4.78 is 2.40. The van der Waals surface area contributed by atoms with E-state index in [0.717, 1.165) is 10.9 Å². The number of hydrogen-bond acceptors (Lipinski definition) is 5. The molecule has 2 rings (SSSR count). The molecule has 2 aromatic heterocycles. The summed E-state index contributed by atoms with van der Waals surface area (Å²) in [4.78, 5) is 15.1. The molecule has 20 heavy (non-hydrogen) atoms. The molecule has 0 spiro atoms. The van der Waals surface area contributed by atoms with E-state index in [2.05, 4.69) is 36.4 Å². The van der Waals surface area contributed by atoms with Crippen molar-refractivity contribution in [3.05, 3.63) is 22.8 Å². The summed E-state index contributed by atoms with van der Waals surface area (Å²) in [5, 5.41) is 20.5. The standard InChI is InChI=1S/C12H14BrN5O2/c1-2-8(6-10(19)20)7-18-12(15-16-17-18)11-9(13)4-3-5-14-11/h3-5,8H,2,6-7H2,1H3,(H,19,20). The van der Waals surface area contributed by atoms with E-state index in [1.807, 2.05) is 13.0 Å². The second kappa shape index (κ2) is 6.56. The molecule has 0 radical (unpaired) electrons. The van der Waals surface area contributed by atoms with Crippen molar-refractivity contribution in [3.8, 4) is 11.5 Å². The first-order chi connectivity index (χ1) is 9.61. The van der Waals surface area contributed by atoms with E-state index in [-0.39, 0.29) is 12.3 Å². The van der Waals surface area contributed by atoms with Gasteiger partial charge in [0.2, 0.25) is 5.82 Å². The third-order valence-corrected chi connectivity index (χ3v) is 3.61. The zero-order chi connectivity index (χ0) is 14.5. The normalized spacial score (nSPS) is 12.3. The lowest BCUT2D eigenvalue weighted by Gasteiger charge is -2.13. The molecule has 0 saturated carbocycles. The average Bonchev–Trinajstić information content (AvgIpc) is 2.86. The molecule has 1 unspecified atom stereocenters. The number of rotatable bonds is 6. The van der Waals surface area contributed by atoms with E-state index >= 15 is 0 Å². The molecule has 8 heteroatoms. The van der Waals surface area contributed by atoms with Crippen LogP contribution in [-0.2, 0) is 11.3 Å². The monoisotopic (exact) mass is 339 g/mol. The topological polar surface area (TPSA) is 93.8 Å². The molecule has 0 aliphatic heterocycles. The number of tetrazole rings is 1. The Hall–Kier alpha value is -1.83. The fraction of sp³-hybridized carbons (Fsp3) is 0.417. The Labute approximate surface area is 124 Å². The van der Waals surface area contributed by atoms with Crippen molar-refractivity contribution in [3.63, 3.8) is 0 Å². The summed E-state index contributed by atoms with van der Waals surface area (Å²) in [6, 6.07) is 3.66. The SMILES string of the molecule is CCC(CC(=O)O)Cn1nnnc1-c1ncccc1Br. The van der Waals surface area contributed by atoms with Gasteiger partial charge in [0, 0.05) is 23.6 Å². The highest BCUT2D eigenvalue weighted by molar-refractivity contribution is 9.10. The predicted molar refractivity (Wildman–Crippen MR) is 74.8 cm³/mol. The number of carboxylic acid groups (broad SMARTS) is 1. The first-order valence-electron chi connectivity index (χ1n) is 6.20. The lowest BCUT2D eigenvalue weighted by Crippen LogP contribution is -2.16. The number of carboxylic acids is 1. The van der Waals surface area contributed by atoms with Crippen molar-refractivity contribution in [2.75, 3.05) is 0 Å². The lowest BCUT2D eigenvalue weighted by molar-refractivity contribution is -0.138. The fourth-order valence-electron chi connectivity index (χ4n) is 1.88. The van der Waals surface area contributed by atoms with Crippen molar-refractivity contribution >= 4 is 21.9 Å². The first kappa shape index (κ1) is 14.6. The van der Waals surface area contributed by atoms with Gasteiger partial charge in [-0.15, -0.1) is 5.10 Å². The van der Waals surface area contributed by atoms with Crippen molar-refractivity contribution in [2.45, 2.75) is 26.3 Å². The molecule has 0 aliphatic carbocycles. The molecule has 1 atom stereocenters. The van der Waals surface area contributed by atoms with Gasteiger partial charge in [-0.2, -0.15) is 0 Å². The van der Waals surface area contributed by atoms with Crippen LogP contribution in [-0.4, -0.2) is 36.3 Å². The highest BCUT2D eigenvalue weighted by Gasteiger charge is 2.18. The Balaban J connectivity index is 2.25. The van der Waals surface area contributed by atoms with Gasteiger partial charge in [0.05, 0.1) is 0 Å². The molecule has 0 bridgehead atoms. The van der Waals surface area contributed by atoms with Crippen molar-refractivity contribution in [1.29, 1.82) is 0 Å². The van der Waals surface area contributed by atoms with Crippen LogP contribution in [0, 0.1) is 5.92 Å². The Bertz CT molecular complexity index is 601. The molecule has 0 saturated heterocycles. The van der Waals surface area contributed by atoms with Crippen LogP contribution in [0.15, 0.2) is 22.8 Å². The van der Waals surface area contributed by atoms with Crippen LogP contribution in [0.4, 0.5) is 0 Å². The molecule has 0 fully saturated rings. The number of nitrogens with zero attached hydrogens (tertiary/aromatic N) is 5. The highest BCUT2D eigenvalue weighted by atomic mass is 79.9.